The lowest BCUT2D eigenvalue weighted by molar-refractivity contribution is 0.510. The molecular weight excluding hydrogens is 264 g/mol. The first-order valence-electron chi connectivity index (χ1n) is 4.82. The number of imidazole rings is 1. The maximum Gasteiger partial charge on any atom is 0.166 e. The van der Waals surface area contributed by atoms with Gasteiger partial charge in [-0.05, 0) is 0 Å². The highest BCUT2D eigenvalue weighted by atomic mass is 32.2. The molecule has 0 radical (unpaired) electrons. The molecule has 3 N–H and O–H groups in total. The summed E-state index contributed by atoms with van der Waals surface area (Å²) in [6.07, 6.45) is 0.597. The van der Waals surface area contributed by atoms with E-state index in [0.29, 0.717) is 33.4 Å². The fraction of sp³-hybridized carbons (Fsp3) is 0.200. The SMILES string of the molecule is NC(=S)CCSc1nc2cc(F)c(F)cc2[nH]1. The van der Waals surface area contributed by atoms with Crippen LogP contribution >= 0.6 is 24.0 Å². The zero-order valence-corrected chi connectivity index (χ0v) is 10.3. The number of thiocarbonyl (C=S) groups is 1. The van der Waals surface area contributed by atoms with Crippen molar-refractivity contribution in [3.8, 4) is 0 Å². The molecule has 1 aromatic heterocycles. The van der Waals surface area contributed by atoms with Crippen molar-refractivity contribution in [3.05, 3.63) is 23.8 Å². The number of H-pyrrole nitrogens is 1. The van der Waals surface area contributed by atoms with Gasteiger partial charge < -0.3 is 10.7 Å². The van der Waals surface area contributed by atoms with Gasteiger partial charge in [-0.2, -0.15) is 0 Å². The lowest BCUT2D eigenvalue weighted by Gasteiger charge is -1.95. The molecule has 0 unspecified atom stereocenters. The van der Waals surface area contributed by atoms with Crippen molar-refractivity contribution in [3.63, 3.8) is 0 Å². The Bertz CT molecular complexity index is 529. The van der Waals surface area contributed by atoms with Crippen molar-refractivity contribution in [2.75, 3.05) is 5.75 Å². The van der Waals surface area contributed by atoms with Crippen LogP contribution in [0.5, 0.6) is 0 Å². The van der Waals surface area contributed by atoms with Crippen LogP contribution in [0.2, 0.25) is 0 Å². The van der Waals surface area contributed by atoms with Gasteiger partial charge in [0.05, 0.1) is 16.0 Å². The average molecular weight is 273 g/mol. The van der Waals surface area contributed by atoms with E-state index in [4.69, 9.17) is 18.0 Å². The molecule has 0 spiro atoms. The summed E-state index contributed by atoms with van der Waals surface area (Å²) in [4.78, 5) is 7.46. The Balaban J connectivity index is 2.17. The first kappa shape index (κ1) is 12.3. The number of halogens is 2. The Kier molecular flexibility index (Phi) is 3.58. The minimum absolute atomic E-state index is 0.404. The molecule has 0 saturated heterocycles. The van der Waals surface area contributed by atoms with Crippen LogP contribution in [0.1, 0.15) is 6.42 Å². The van der Waals surface area contributed by atoms with Crippen molar-refractivity contribution in [2.24, 2.45) is 5.73 Å². The molecule has 17 heavy (non-hydrogen) atoms. The van der Waals surface area contributed by atoms with Crippen molar-refractivity contribution in [2.45, 2.75) is 11.6 Å². The maximum absolute atomic E-state index is 13.0. The Morgan fingerprint density at radius 2 is 2.12 bits per heavy atom. The van der Waals surface area contributed by atoms with Crippen LogP contribution in [0.15, 0.2) is 17.3 Å². The zero-order valence-electron chi connectivity index (χ0n) is 8.67. The van der Waals surface area contributed by atoms with Crippen LogP contribution in [0.4, 0.5) is 8.78 Å². The minimum atomic E-state index is -0.899. The van der Waals surface area contributed by atoms with Gasteiger partial charge in [-0.25, -0.2) is 13.8 Å². The summed E-state index contributed by atoms with van der Waals surface area (Å²) >= 11 is 6.15. The first-order chi connectivity index (χ1) is 8.06. The van der Waals surface area contributed by atoms with Crippen molar-refractivity contribution >= 4 is 40.0 Å². The maximum atomic E-state index is 13.0. The summed E-state index contributed by atoms with van der Waals surface area (Å²) in [5, 5.41) is 0.598. The van der Waals surface area contributed by atoms with Crippen LogP contribution in [0.25, 0.3) is 11.0 Å². The molecule has 2 aromatic rings. The summed E-state index contributed by atoms with van der Waals surface area (Å²) in [5.74, 6) is -1.11. The van der Waals surface area contributed by atoms with Gasteiger partial charge in [0, 0.05) is 24.3 Å². The van der Waals surface area contributed by atoms with Gasteiger partial charge in [0.15, 0.2) is 16.8 Å². The number of nitrogens with two attached hydrogens (primary N) is 1. The predicted octanol–water partition coefficient (Wildman–Crippen LogP) is 2.61. The molecule has 0 saturated carbocycles. The fourth-order valence-electron chi connectivity index (χ4n) is 1.30. The molecule has 0 bridgehead atoms. The predicted molar refractivity (Wildman–Crippen MR) is 68.1 cm³/mol. The van der Waals surface area contributed by atoms with Crippen molar-refractivity contribution in [1.82, 2.24) is 9.97 Å². The molecule has 7 heteroatoms. The van der Waals surface area contributed by atoms with Crippen LogP contribution in [-0.4, -0.2) is 20.7 Å². The molecule has 0 amide bonds. The van der Waals surface area contributed by atoms with E-state index >= 15 is 0 Å². The second-order valence-corrected chi connectivity index (χ2v) is 5.00. The molecule has 90 valence electrons. The van der Waals surface area contributed by atoms with E-state index in [1.54, 1.807) is 0 Å². The topological polar surface area (TPSA) is 54.7 Å². The Labute approximate surface area is 106 Å². The second kappa shape index (κ2) is 4.97. The van der Waals surface area contributed by atoms with E-state index in [1.165, 1.54) is 11.8 Å². The van der Waals surface area contributed by atoms with E-state index in [0.717, 1.165) is 12.1 Å². The summed E-state index contributed by atoms with van der Waals surface area (Å²) in [7, 11) is 0. The van der Waals surface area contributed by atoms with Gasteiger partial charge in [-0.15, -0.1) is 0 Å². The highest BCUT2D eigenvalue weighted by molar-refractivity contribution is 7.99. The molecule has 1 heterocycles. The molecule has 2 rings (SSSR count). The summed E-state index contributed by atoms with van der Waals surface area (Å²) in [6.45, 7) is 0. The van der Waals surface area contributed by atoms with Crippen molar-refractivity contribution < 1.29 is 8.78 Å². The first-order valence-corrected chi connectivity index (χ1v) is 6.21. The average Bonchev–Trinajstić information content (AvgIpc) is 2.60. The number of hydrogen-bond acceptors (Lipinski definition) is 3. The molecule has 0 aliphatic heterocycles. The number of aromatic nitrogens is 2. The number of thioether (sulfide) groups is 1. The van der Waals surface area contributed by atoms with Gasteiger partial charge in [0.25, 0.3) is 0 Å². The number of hydrogen-bond donors (Lipinski definition) is 2. The van der Waals surface area contributed by atoms with E-state index in [9.17, 15) is 8.78 Å². The Morgan fingerprint density at radius 3 is 2.82 bits per heavy atom. The number of nitrogens with zero attached hydrogens (tertiary/aromatic N) is 1. The van der Waals surface area contributed by atoms with Gasteiger partial charge in [-0.1, -0.05) is 24.0 Å². The number of benzene rings is 1. The van der Waals surface area contributed by atoms with Crippen LogP contribution < -0.4 is 5.73 Å². The molecule has 0 aliphatic rings. The normalized spacial score (nSPS) is 10.9. The lowest BCUT2D eigenvalue weighted by atomic mass is 10.3. The quantitative estimate of drug-likeness (QED) is 0.664. The Morgan fingerprint density at radius 1 is 1.41 bits per heavy atom. The van der Waals surface area contributed by atoms with E-state index < -0.39 is 11.6 Å². The highest BCUT2D eigenvalue weighted by Crippen LogP contribution is 2.22. The summed E-state index contributed by atoms with van der Waals surface area (Å²) < 4.78 is 25.9. The van der Waals surface area contributed by atoms with E-state index in [1.807, 2.05) is 0 Å². The zero-order chi connectivity index (χ0) is 12.4. The monoisotopic (exact) mass is 273 g/mol. The largest absolute Gasteiger partial charge is 0.393 e. The van der Waals surface area contributed by atoms with Gasteiger partial charge in [0.2, 0.25) is 0 Å². The number of aromatic amines is 1. The van der Waals surface area contributed by atoms with Gasteiger partial charge >= 0.3 is 0 Å². The standard InChI is InChI=1S/C10H9F2N3S2/c11-5-3-7-8(4-6(5)12)15-10(14-7)17-2-1-9(13)16/h3-4H,1-2H2,(H2,13,16)(H,14,15). The highest BCUT2D eigenvalue weighted by Gasteiger charge is 2.08. The van der Waals surface area contributed by atoms with Crippen LogP contribution in [0.3, 0.4) is 0 Å². The summed E-state index contributed by atoms with van der Waals surface area (Å²) in [6, 6.07) is 2.16. The minimum Gasteiger partial charge on any atom is -0.393 e. The number of rotatable bonds is 4. The Hall–Kier alpha value is -1.21. The third-order valence-electron chi connectivity index (χ3n) is 2.09. The molecular formula is C10H9F2N3S2. The lowest BCUT2D eigenvalue weighted by Crippen LogP contribution is -2.08. The second-order valence-electron chi connectivity index (χ2n) is 3.39. The number of fused-ring (bicyclic) bond motifs is 1. The smallest absolute Gasteiger partial charge is 0.166 e. The molecule has 0 fully saturated rings. The molecule has 3 nitrogen and oxygen atoms in total. The third kappa shape index (κ3) is 2.92. The van der Waals surface area contributed by atoms with E-state index in [-0.39, 0.29) is 0 Å². The van der Waals surface area contributed by atoms with E-state index in [2.05, 4.69) is 9.97 Å². The van der Waals surface area contributed by atoms with Crippen molar-refractivity contribution in [1.29, 1.82) is 0 Å². The molecule has 1 aromatic carbocycles. The van der Waals surface area contributed by atoms with Crippen LogP contribution in [0, 0.1) is 11.6 Å². The fourth-order valence-corrected chi connectivity index (χ4v) is 2.39. The van der Waals surface area contributed by atoms with Gasteiger partial charge in [0.1, 0.15) is 0 Å². The molecule has 0 atom stereocenters. The number of nitrogens with one attached hydrogen (secondary N) is 1. The van der Waals surface area contributed by atoms with Crippen LogP contribution in [-0.2, 0) is 0 Å². The molecule has 0 aliphatic carbocycles. The van der Waals surface area contributed by atoms with Gasteiger partial charge in [-0.3, -0.25) is 0 Å². The summed E-state index contributed by atoms with van der Waals surface area (Å²) in [5.41, 5.74) is 6.24. The third-order valence-corrected chi connectivity index (χ3v) is 3.17.